The standard InChI is InChI=1S/C19H20N2O5/c1-11(22)20-15-9-24-18-16(10-25-17(15)18)26-19(23)21-14-8-4-6-12-5-2-3-7-13(12)14/h2-8,15-18H,9-10H2,1H3,(H,20,22)(H,21,23). The van der Waals surface area contributed by atoms with Gasteiger partial charge >= 0.3 is 6.09 Å². The molecule has 7 heteroatoms. The van der Waals surface area contributed by atoms with E-state index < -0.39 is 12.2 Å². The van der Waals surface area contributed by atoms with Crippen molar-refractivity contribution < 1.29 is 23.8 Å². The van der Waals surface area contributed by atoms with E-state index >= 15 is 0 Å². The molecular formula is C19H20N2O5. The number of hydrogen-bond donors (Lipinski definition) is 2. The molecule has 2 aromatic carbocycles. The maximum Gasteiger partial charge on any atom is 0.412 e. The van der Waals surface area contributed by atoms with Gasteiger partial charge in [-0.3, -0.25) is 10.1 Å². The van der Waals surface area contributed by atoms with Crippen LogP contribution in [0.25, 0.3) is 10.8 Å². The van der Waals surface area contributed by atoms with Crippen LogP contribution >= 0.6 is 0 Å². The summed E-state index contributed by atoms with van der Waals surface area (Å²) in [6.45, 7) is 2.04. The Morgan fingerprint density at radius 3 is 2.65 bits per heavy atom. The van der Waals surface area contributed by atoms with Crippen LogP contribution < -0.4 is 10.6 Å². The van der Waals surface area contributed by atoms with Crippen molar-refractivity contribution in [3.63, 3.8) is 0 Å². The molecule has 2 saturated heterocycles. The Morgan fingerprint density at radius 2 is 1.81 bits per heavy atom. The summed E-state index contributed by atoms with van der Waals surface area (Å²) < 4.78 is 16.9. The lowest BCUT2D eigenvalue weighted by Crippen LogP contribution is -2.43. The first-order chi connectivity index (χ1) is 12.6. The summed E-state index contributed by atoms with van der Waals surface area (Å²) in [5.74, 6) is -0.138. The zero-order chi connectivity index (χ0) is 18.1. The minimum atomic E-state index is -0.554. The minimum absolute atomic E-state index is 0.138. The third kappa shape index (κ3) is 3.23. The van der Waals surface area contributed by atoms with Gasteiger partial charge in [-0.2, -0.15) is 0 Å². The second-order valence-corrected chi connectivity index (χ2v) is 6.50. The van der Waals surface area contributed by atoms with Crippen molar-refractivity contribution >= 4 is 28.5 Å². The van der Waals surface area contributed by atoms with E-state index in [9.17, 15) is 9.59 Å². The molecule has 4 unspecified atom stereocenters. The van der Waals surface area contributed by atoms with E-state index in [1.165, 1.54) is 6.92 Å². The van der Waals surface area contributed by atoms with Crippen molar-refractivity contribution in [1.29, 1.82) is 0 Å². The molecule has 2 N–H and O–H groups in total. The fourth-order valence-corrected chi connectivity index (χ4v) is 3.56. The van der Waals surface area contributed by atoms with Crippen molar-refractivity contribution in [3.8, 4) is 0 Å². The molecule has 136 valence electrons. The Morgan fingerprint density at radius 1 is 1.04 bits per heavy atom. The lowest BCUT2D eigenvalue weighted by atomic mass is 10.1. The lowest BCUT2D eigenvalue weighted by Gasteiger charge is -2.18. The van der Waals surface area contributed by atoms with Gasteiger partial charge in [0.05, 0.1) is 24.9 Å². The van der Waals surface area contributed by atoms with Gasteiger partial charge in [-0.25, -0.2) is 4.79 Å². The third-order valence-electron chi connectivity index (χ3n) is 4.68. The average Bonchev–Trinajstić information content (AvgIpc) is 3.19. The van der Waals surface area contributed by atoms with Crippen LogP contribution in [-0.2, 0) is 19.0 Å². The van der Waals surface area contributed by atoms with Crippen molar-refractivity contribution in [2.24, 2.45) is 0 Å². The van der Waals surface area contributed by atoms with E-state index in [-0.39, 0.29) is 30.8 Å². The predicted octanol–water partition coefficient (Wildman–Crippen LogP) is 2.06. The fraction of sp³-hybridized carbons (Fsp3) is 0.368. The summed E-state index contributed by atoms with van der Waals surface area (Å²) in [6, 6.07) is 13.3. The fourth-order valence-electron chi connectivity index (χ4n) is 3.56. The van der Waals surface area contributed by atoms with Gasteiger partial charge in [0.15, 0.2) is 6.10 Å². The van der Waals surface area contributed by atoms with Crippen LogP contribution in [0.2, 0.25) is 0 Å². The molecule has 7 nitrogen and oxygen atoms in total. The minimum Gasteiger partial charge on any atom is -0.441 e. The highest BCUT2D eigenvalue weighted by atomic mass is 16.6. The van der Waals surface area contributed by atoms with Crippen molar-refractivity contribution in [1.82, 2.24) is 5.32 Å². The number of benzene rings is 2. The van der Waals surface area contributed by atoms with E-state index in [4.69, 9.17) is 14.2 Å². The highest BCUT2D eigenvalue weighted by molar-refractivity contribution is 6.00. The molecule has 0 aromatic heterocycles. The van der Waals surface area contributed by atoms with Crippen LogP contribution in [0.3, 0.4) is 0 Å². The smallest absolute Gasteiger partial charge is 0.412 e. The molecule has 2 amide bonds. The molecule has 2 aliphatic rings. The molecule has 2 aliphatic heterocycles. The second-order valence-electron chi connectivity index (χ2n) is 6.50. The van der Waals surface area contributed by atoms with Gasteiger partial charge in [0.1, 0.15) is 12.2 Å². The summed E-state index contributed by atoms with van der Waals surface area (Å²) in [7, 11) is 0. The number of anilines is 1. The maximum absolute atomic E-state index is 12.3. The molecule has 0 radical (unpaired) electrons. The number of carbonyl (C=O) groups is 2. The van der Waals surface area contributed by atoms with E-state index in [1.807, 2.05) is 42.5 Å². The second kappa shape index (κ2) is 6.93. The Labute approximate surface area is 150 Å². The summed E-state index contributed by atoms with van der Waals surface area (Å²) >= 11 is 0. The van der Waals surface area contributed by atoms with Crippen LogP contribution in [0.1, 0.15) is 6.92 Å². The molecule has 0 spiro atoms. The molecule has 4 atom stereocenters. The van der Waals surface area contributed by atoms with E-state index in [0.717, 1.165) is 10.8 Å². The maximum atomic E-state index is 12.3. The van der Waals surface area contributed by atoms with Gasteiger partial charge in [-0.15, -0.1) is 0 Å². The topological polar surface area (TPSA) is 85.9 Å². The van der Waals surface area contributed by atoms with E-state index in [2.05, 4.69) is 10.6 Å². The zero-order valence-electron chi connectivity index (χ0n) is 14.3. The first-order valence-corrected chi connectivity index (χ1v) is 8.57. The molecule has 0 bridgehead atoms. The lowest BCUT2D eigenvalue weighted by molar-refractivity contribution is -0.120. The molecule has 0 saturated carbocycles. The summed E-state index contributed by atoms with van der Waals surface area (Å²) in [5, 5.41) is 7.57. The van der Waals surface area contributed by atoms with Crippen LogP contribution in [0, 0.1) is 0 Å². The summed E-state index contributed by atoms with van der Waals surface area (Å²) in [4.78, 5) is 23.6. The molecule has 26 heavy (non-hydrogen) atoms. The van der Waals surface area contributed by atoms with Gasteiger partial charge in [-0.05, 0) is 11.5 Å². The number of carbonyl (C=O) groups excluding carboxylic acids is 2. The monoisotopic (exact) mass is 356 g/mol. The van der Waals surface area contributed by atoms with E-state index in [1.54, 1.807) is 0 Å². The molecule has 0 aliphatic carbocycles. The van der Waals surface area contributed by atoms with Gasteiger partial charge in [0.2, 0.25) is 5.91 Å². The van der Waals surface area contributed by atoms with Gasteiger partial charge in [0, 0.05) is 12.3 Å². The number of ether oxygens (including phenoxy) is 3. The largest absolute Gasteiger partial charge is 0.441 e. The van der Waals surface area contributed by atoms with Crippen molar-refractivity contribution in [3.05, 3.63) is 42.5 Å². The molecular weight excluding hydrogens is 336 g/mol. The Balaban J connectivity index is 1.41. The van der Waals surface area contributed by atoms with Gasteiger partial charge in [0.25, 0.3) is 0 Å². The number of fused-ring (bicyclic) bond motifs is 2. The third-order valence-corrected chi connectivity index (χ3v) is 4.68. The SMILES string of the molecule is CC(=O)NC1COC2C(OC(=O)Nc3cccc4ccccc34)COC12. The number of rotatable bonds is 3. The first kappa shape index (κ1) is 16.8. The zero-order valence-corrected chi connectivity index (χ0v) is 14.3. The summed E-state index contributed by atoms with van der Waals surface area (Å²) in [5.41, 5.74) is 0.687. The van der Waals surface area contributed by atoms with Crippen LogP contribution in [0.4, 0.5) is 10.5 Å². The Bertz CT molecular complexity index is 834. The van der Waals surface area contributed by atoms with Crippen LogP contribution in [0.15, 0.2) is 42.5 Å². The molecule has 4 rings (SSSR count). The first-order valence-electron chi connectivity index (χ1n) is 8.57. The molecule has 2 fully saturated rings. The molecule has 2 aromatic rings. The van der Waals surface area contributed by atoms with Crippen LogP contribution in [0.5, 0.6) is 0 Å². The Kier molecular flexibility index (Phi) is 4.48. The number of amides is 2. The average molecular weight is 356 g/mol. The van der Waals surface area contributed by atoms with Crippen molar-refractivity contribution in [2.75, 3.05) is 18.5 Å². The predicted molar refractivity (Wildman–Crippen MR) is 94.9 cm³/mol. The van der Waals surface area contributed by atoms with E-state index in [0.29, 0.717) is 12.3 Å². The van der Waals surface area contributed by atoms with Crippen LogP contribution in [-0.4, -0.2) is 49.6 Å². The normalized spacial score (nSPS) is 27.1. The quantitative estimate of drug-likeness (QED) is 0.879. The van der Waals surface area contributed by atoms with Gasteiger partial charge < -0.3 is 19.5 Å². The number of nitrogens with one attached hydrogen (secondary N) is 2. The highest BCUT2D eigenvalue weighted by Gasteiger charge is 2.49. The number of hydrogen-bond acceptors (Lipinski definition) is 5. The Hall–Kier alpha value is -2.64. The van der Waals surface area contributed by atoms with Crippen molar-refractivity contribution in [2.45, 2.75) is 31.3 Å². The highest BCUT2D eigenvalue weighted by Crippen LogP contribution is 2.29. The summed E-state index contributed by atoms with van der Waals surface area (Å²) in [6.07, 6.45) is -1.73. The van der Waals surface area contributed by atoms with Gasteiger partial charge in [-0.1, -0.05) is 36.4 Å². The molecule has 2 heterocycles.